The fraction of sp³-hybridized carbons (Fsp3) is 0.538. The number of ketones is 1. The van der Waals surface area contributed by atoms with Crippen molar-refractivity contribution in [3.05, 3.63) is 23.8 Å². The lowest BCUT2D eigenvalue weighted by molar-refractivity contribution is -0.117. The normalized spacial score (nSPS) is 25.0. The second-order valence-corrected chi connectivity index (χ2v) is 4.87. The third-order valence-electron chi connectivity index (χ3n) is 2.93. The molecule has 1 aliphatic rings. The molecular weight excluding hydrogens is 188 g/mol. The van der Waals surface area contributed by atoms with Crippen LogP contribution in [0.3, 0.4) is 0 Å². The lowest BCUT2D eigenvalue weighted by atomic mass is 9.74. The van der Waals surface area contributed by atoms with E-state index in [9.17, 15) is 9.59 Å². The van der Waals surface area contributed by atoms with E-state index in [0.29, 0.717) is 6.29 Å². The van der Waals surface area contributed by atoms with Gasteiger partial charge in [0.1, 0.15) is 6.29 Å². The summed E-state index contributed by atoms with van der Waals surface area (Å²) in [4.78, 5) is 21.8. The Bertz CT molecular complexity index is 321. The molecule has 0 radical (unpaired) electrons. The Hall–Kier alpha value is -1.18. The van der Waals surface area contributed by atoms with E-state index in [2.05, 4.69) is 19.9 Å². The van der Waals surface area contributed by atoms with Gasteiger partial charge in [0.05, 0.1) is 0 Å². The quantitative estimate of drug-likeness (QED) is 0.404. The van der Waals surface area contributed by atoms with E-state index in [1.807, 2.05) is 6.92 Å². The van der Waals surface area contributed by atoms with E-state index in [-0.39, 0.29) is 17.1 Å². The molecule has 82 valence electrons. The molecule has 0 fully saturated rings. The summed E-state index contributed by atoms with van der Waals surface area (Å²) >= 11 is 0. The lowest BCUT2D eigenvalue weighted by Gasteiger charge is -2.30. The van der Waals surface area contributed by atoms with Crippen molar-refractivity contribution in [1.82, 2.24) is 0 Å². The number of hydrogen-bond acceptors (Lipinski definition) is 2. The molecule has 2 heteroatoms. The summed E-state index contributed by atoms with van der Waals surface area (Å²) in [5.41, 5.74) is 1.33. The predicted octanol–water partition coefficient (Wildman–Crippen LogP) is 2.69. The standard InChI is InChI=1S/C13H18O2/c1-10-9-13(2,3)7-6-11(10)12(15)5-4-8-14/h4-5,8-9,11H,6-7H2,1-3H3. The van der Waals surface area contributed by atoms with Gasteiger partial charge in [0.25, 0.3) is 0 Å². The van der Waals surface area contributed by atoms with Gasteiger partial charge in [-0.15, -0.1) is 0 Å². The molecule has 0 aromatic carbocycles. The summed E-state index contributed by atoms with van der Waals surface area (Å²) < 4.78 is 0. The van der Waals surface area contributed by atoms with Crippen LogP contribution in [-0.2, 0) is 9.59 Å². The molecule has 0 saturated carbocycles. The van der Waals surface area contributed by atoms with Gasteiger partial charge in [-0.05, 0) is 37.3 Å². The first kappa shape index (κ1) is 11.9. The molecule has 15 heavy (non-hydrogen) atoms. The van der Waals surface area contributed by atoms with Gasteiger partial charge in [-0.25, -0.2) is 0 Å². The second-order valence-electron chi connectivity index (χ2n) is 4.87. The topological polar surface area (TPSA) is 34.1 Å². The number of carbonyl (C=O) groups excluding carboxylic acids is 2. The van der Waals surface area contributed by atoms with Crippen LogP contribution in [0.4, 0.5) is 0 Å². The van der Waals surface area contributed by atoms with E-state index >= 15 is 0 Å². The average molecular weight is 206 g/mol. The fourth-order valence-corrected chi connectivity index (χ4v) is 2.15. The SMILES string of the molecule is CC1=CC(C)(C)CCC1C(=O)C=CC=O. The molecule has 2 nitrogen and oxygen atoms in total. The third-order valence-corrected chi connectivity index (χ3v) is 2.93. The van der Waals surface area contributed by atoms with Crippen LogP contribution in [0.25, 0.3) is 0 Å². The molecule has 0 aromatic heterocycles. The minimum atomic E-state index is -0.0192. The van der Waals surface area contributed by atoms with Gasteiger partial charge in [-0.3, -0.25) is 9.59 Å². The van der Waals surface area contributed by atoms with E-state index < -0.39 is 0 Å². The fourth-order valence-electron chi connectivity index (χ4n) is 2.15. The zero-order valence-electron chi connectivity index (χ0n) is 9.62. The van der Waals surface area contributed by atoms with Crippen LogP contribution in [0, 0.1) is 11.3 Å². The number of allylic oxidation sites excluding steroid dienone is 4. The summed E-state index contributed by atoms with van der Waals surface area (Å²) in [6, 6.07) is 0. The maximum atomic E-state index is 11.7. The molecule has 0 aliphatic heterocycles. The molecule has 0 N–H and O–H groups in total. The first-order chi connectivity index (χ1) is 6.96. The highest BCUT2D eigenvalue weighted by atomic mass is 16.1. The molecule has 0 amide bonds. The molecule has 0 bridgehead atoms. The molecule has 1 atom stereocenters. The maximum Gasteiger partial charge on any atom is 0.162 e. The van der Waals surface area contributed by atoms with Crippen LogP contribution in [-0.4, -0.2) is 12.1 Å². The zero-order valence-corrected chi connectivity index (χ0v) is 9.62. The molecular formula is C13H18O2. The Balaban J connectivity index is 2.78. The average Bonchev–Trinajstić information content (AvgIpc) is 2.12. The Morgan fingerprint density at radius 3 is 2.73 bits per heavy atom. The first-order valence-corrected chi connectivity index (χ1v) is 5.31. The van der Waals surface area contributed by atoms with Crippen LogP contribution in [0.5, 0.6) is 0 Å². The van der Waals surface area contributed by atoms with Gasteiger partial charge >= 0.3 is 0 Å². The summed E-state index contributed by atoms with van der Waals surface area (Å²) in [5, 5.41) is 0. The van der Waals surface area contributed by atoms with Crippen molar-refractivity contribution < 1.29 is 9.59 Å². The Morgan fingerprint density at radius 2 is 2.20 bits per heavy atom. The maximum absolute atomic E-state index is 11.7. The molecule has 1 aliphatic carbocycles. The smallest absolute Gasteiger partial charge is 0.162 e. The van der Waals surface area contributed by atoms with Crippen molar-refractivity contribution >= 4 is 12.1 Å². The van der Waals surface area contributed by atoms with Crippen LogP contribution in [0.1, 0.15) is 33.6 Å². The highest BCUT2D eigenvalue weighted by Gasteiger charge is 2.28. The number of rotatable bonds is 3. The molecule has 0 heterocycles. The summed E-state index contributed by atoms with van der Waals surface area (Å²) in [5.74, 6) is 0.0283. The molecule has 0 spiro atoms. The number of aldehydes is 1. The van der Waals surface area contributed by atoms with Crippen LogP contribution >= 0.6 is 0 Å². The molecule has 1 unspecified atom stereocenters. The van der Waals surface area contributed by atoms with E-state index in [1.165, 1.54) is 12.2 Å². The van der Waals surface area contributed by atoms with Crippen LogP contribution < -0.4 is 0 Å². The highest BCUT2D eigenvalue weighted by Crippen LogP contribution is 2.36. The summed E-state index contributed by atoms with van der Waals surface area (Å²) in [6.07, 6.45) is 7.38. The second kappa shape index (κ2) is 4.56. The van der Waals surface area contributed by atoms with E-state index in [0.717, 1.165) is 18.4 Å². The van der Waals surface area contributed by atoms with Crippen molar-refractivity contribution in [2.24, 2.45) is 11.3 Å². The zero-order chi connectivity index (χ0) is 11.5. The van der Waals surface area contributed by atoms with Crippen molar-refractivity contribution in [3.8, 4) is 0 Å². The largest absolute Gasteiger partial charge is 0.299 e. The number of carbonyl (C=O) groups is 2. The minimum absolute atomic E-state index is 0.0192. The lowest BCUT2D eigenvalue weighted by Crippen LogP contribution is -2.23. The van der Waals surface area contributed by atoms with Crippen LogP contribution in [0.2, 0.25) is 0 Å². The Labute approximate surface area is 91.1 Å². The van der Waals surface area contributed by atoms with Crippen molar-refractivity contribution in [3.63, 3.8) is 0 Å². The van der Waals surface area contributed by atoms with Gasteiger partial charge < -0.3 is 0 Å². The summed E-state index contributed by atoms with van der Waals surface area (Å²) in [7, 11) is 0. The van der Waals surface area contributed by atoms with Gasteiger partial charge in [0.15, 0.2) is 5.78 Å². The summed E-state index contributed by atoms with van der Waals surface area (Å²) in [6.45, 7) is 6.36. The van der Waals surface area contributed by atoms with Crippen LogP contribution in [0.15, 0.2) is 23.8 Å². The van der Waals surface area contributed by atoms with Gasteiger partial charge in [0, 0.05) is 5.92 Å². The van der Waals surface area contributed by atoms with Crippen molar-refractivity contribution in [2.45, 2.75) is 33.6 Å². The van der Waals surface area contributed by atoms with Gasteiger partial charge in [-0.2, -0.15) is 0 Å². The van der Waals surface area contributed by atoms with Crippen molar-refractivity contribution in [2.75, 3.05) is 0 Å². The Morgan fingerprint density at radius 1 is 1.53 bits per heavy atom. The highest BCUT2D eigenvalue weighted by molar-refractivity contribution is 5.96. The Kier molecular flexibility index (Phi) is 3.61. The molecule has 1 rings (SSSR count). The minimum Gasteiger partial charge on any atom is -0.299 e. The monoisotopic (exact) mass is 206 g/mol. The van der Waals surface area contributed by atoms with Crippen molar-refractivity contribution in [1.29, 1.82) is 0 Å². The first-order valence-electron chi connectivity index (χ1n) is 5.31. The molecule has 0 saturated heterocycles. The number of hydrogen-bond donors (Lipinski definition) is 0. The molecule has 0 aromatic rings. The van der Waals surface area contributed by atoms with Gasteiger partial charge in [-0.1, -0.05) is 25.5 Å². The van der Waals surface area contributed by atoms with Gasteiger partial charge in [0.2, 0.25) is 0 Å². The van der Waals surface area contributed by atoms with E-state index in [4.69, 9.17) is 0 Å². The predicted molar refractivity (Wildman–Crippen MR) is 60.5 cm³/mol. The third kappa shape index (κ3) is 3.15. The van der Waals surface area contributed by atoms with E-state index in [1.54, 1.807) is 0 Å².